The largest absolute Gasteiger partial charge is 0.507 e. The summed E-state index contributed by atoms with van der Waals surface area (Å²) in [6.07, 6.45) is 6.78. The van der Waals surface area contributed by atoms with Crippen LogP contribution in [0.5, 0.6) is 5.75 Å². The van der Waals surface area contributed by atoms with Crippen LogP contribution in [0.2, 0.25) is 0 Å². The summed E-state index contributed by atoms with van der Waals surface area (Å²) in [5.41, 5.74) is 0.819. The van der Waals surface area contributed by atoms with Crippen molar-refractivity contribution in [2.75, 3.05) is 0 Å². The lowest BCUT2D eigenvalue weighted by Gasteiger charge is -2.01. The average molecular weight is 189 g/mol. The summed E-state index contributed by atoms with van der Waals surface area (Å²) in [5.74, 6) is 0.314. The highest BCUT2D eigenvalue weighted by Crippen LogP contribution is 2.21. The quantitative estimate of drug-likeness (QED) is 0.713. The van der Waals surface area contributed by atoms with Crippen molar-refractivity contribution >= 4 is 6.21 Å². The van der Waals surface area contributed by atoms with E-state index in [4.69, 9.17) is 0 Å². The zero-order valence-electron chi connectivity index (χ0n) is 8.19. The van der Waals surface area contributed by atoms with Gasteiger partial charge in [0.1, 0.15) is 5.75 Å². The topological polar surface area (TPSA) is 32.6 Å². The molecule has 1 fully saturated rings. The molecule has 0 bridgehead atoms. The summed E-state index contributed by atoms with van der Waals surface area (Å²) >= 11 is 0. The van der Waals surface area contributed by atoms with E-state index in [1.807, 2.05) is 18.2 Å². The average Bonchev–Trinajstić information content (AvgIpc) is 2.69. The van der Waals surface area contributed by atoms with Crippen LogP contribution < -0.4 is 0 Å². The molecule has 1 aliphatic carbocycles. The van der Waals surface area contributed by atoms with E-state index in [0.717, 1.165) is 5.56 Å². The van der Waals surface area contributed by atoms with Crippen molar-refractivity contribution in [1.29, 1.82) is 0 Å². The van der Waals surface area contributed by atoms with Crippen molar-refractivity contribution in [1.82, 2.24) is 0 Å². The van der Waals surface area contributed by atoms with Crippen LogP contribution in [0.25, 0.3) is 0 Å². The zero-order chi connectivity index (χ0) is 9.80. The van der Waals surface area contributed by atoms with E-state index in [1.165, 1.54) is 25.7 Å². The van der Waals surface area contributed by atoms with Crippen LogP contribution in [0.4, 0.5) is 0 Å². The molecule has 0 atom stereocenters. The lowest BCUT2D eigenvalue weighted by molar-refractivity contribution is 0.474. The fourth-order valence-electron chi connectivity index (χ4n) is 1.84. The molecule has 2 rings (SSSR count). The van der Waals surface area contributed by atoms with Crippen molar-refractivity contribution < 1.29 is 5.11 Å². The monoisotopic (exact) mass is 189 g/mol. The summed E-state index contributed by atoms with van der Waals surface area (Å²) in [6, 6.07) is 7.79. The van der Waals surface area contributed by atoms with Gasteiger partial charge in [0.15, 0.2) is 0 Å². The first-order valence-electron chi connectivity index (χ1n) is 5.17. The summed E-state index contributed by atoms with van der Waals surface area (Å²) in [7, 11) is 0. The highest BCUT2D eigenvalue weighted by molar-refractivity contribution is 5.83. The predicted molar refractivity (Wildman–Crippen MR) is 58.0 cm³/mol. The molecule has 0 heterocycles. The van der Waals surface area contributed by atoms with Crippen LogP contribution in [-0.2, 0) is 0 Å². The SMILES string of the molecule is Oc1ccccc1/C=N/C1CCCC1. The molecule has 0 spiro atoms. The molecule has 2 heteroatoms. The third-order valence-corrected chi connectivity index (χ3v) is 2.69. The third kappa shape index (κ3) is 2.13. The van der Waals surface area contributed by atoms with Gasteiger partial charge in [-0.1, -0.05) is 25.0 Å². The molecule has 14 heavy (non-hydrogen) atoms. The van der Waals surface area contributed by atoms with Crippen molar-refractivity contribution in [3.8, 4) is 5.75 Å². The van der Waals surface area contributed by atoms with E-state index < -0.39 is 0 Å². The maximum absolute atomic E-state index is 9.49. The summed E-state index contributed by atoms with van der Waals surface area (Å²) in [5, 5.41) is 9.49. The molecule has 1 aliphatic rings. The van der Waals surface area contributed by atoms with E-state index >= 15 is 0 Å². The van der Waals surface area contributed by atoms with Crippen LogP contribution in [0, 0.1) is 0 Å². The molecule has 0 amide bonds. The Morgan fingerprint density at radius 3 is 2.64 bits per heavy atom. The van der Waals surface area contributed by atoms with E-state index in [1.54, 1.807) is 12.3 Å². The highest BCUT2D eigenvalue weighted by atomic mass is 16.3. The maximum Gasteiger partial charge on any atom is 0.124 e. The fourth-order valence-corrected chi connectivity index (χ4v) is 1.84. The second-order valence-electron chi connectivity index (χ2n) is 3.78. The van der Waals surface area contributed by atoms with Crippen molar-refractivity contribution in [2.45, 2.75) is 31.7 Å². The van der Waals surface area contributed by atoms with Gasteiger partial charge in [0.25, 0.3) is 0 Å². The Bertz CT molecular complexity index is 327. The second-order valence-corrected chi connectivity index (χ2v) is 3.78. The number of aromatic hydroxyl groups is 1. The van der Waals surface area contributed by atoms with Gasteiger partial charge in [0, 0.05) is 17.8 Å². The van der Waals surface area contributed by atoms with Crippen LogP contribution in [-0.4, -0.2) is 17.4 Å². The van der Waals surface area contributed by atoms with Gasteiger partial charge in [-0.15, -0.1) is 0 Å². The van der Waals surface area contributed by atoms with Gasteiger partial charge in [-0.05, 0) is 25.0 Å². The smallest absolute Gasteiger partial charge is 0.124 e. The summed E-state index contributed by atoms with van der Waals surface area (Å²) < 4.78 is 0. The predicted octanol–water partition coefficient (Wildman–Crippen LogP) is 2.75. The second kappa shape index (κ2) is 4.27. The molecule has 2 nitrogen and oxygen atoms in total. The lowest BCUT2D eigenvalue weighted by Crippen LogP contribution is -1.96. The molecule has 0 aliphatic heterocycles. The Labute approximate surface area is 84.3 Å². The fraction of sp³-hybridized carbons (Fsp3) is 0.417. The Morgan fingerprint density at radius 1 is 1.21 bits per heavy atom. The van der Waals surface area contributed by atoms with Crippen LogP contribution in [0.3, 0.4) is 0 Å². The van der Waals surface area contributed by atoms with Crippen LogP contribution in [0.15, 0.2) is 29.3 Å². The van der Waals surface area contributed by atoms with Gasteiger partial charge < -0.3 is 5.11 Å². The Kier molecular flexibility index (Phi) is 2.82. The number of aliphatic imine (C=N–C) groups is 1. The number of nitrogens with zero attached hydrogens (tertiary/aromatic N) is 1. The number of para-hydroxylation sites is 1. The van der Waals surface area contributed by atoms with E-state index in [0.29, 0.717) is 11.8 Å². The number of hydrogen-bond acceptors (Lipinski definition) is 2. The molecule has 0 saturated heterocycles. The van der Waals surface area contributed by atoms with Gasteiger partial charge in [-0.25, -0.2) is 0 Å². The lowest BCUT2D eigenvalue weighted by atomic mass is 10.2. The molecule has 1 aromatic rings. The van der Waals surface area contributed by atoms with Gasteiger partial charge in [0.2, 0.25) is 0 Å². The number of rotatable bonds is 2. The highest BCUT2D eigenvalue weighted by Gasteiger charge is 2.12. The number of hydrogen-bond donors (Lipinski definition) is 1. The van der Waals surface area contributed by atoms with Crippen molar-refractivity contribution in [2.24, 2.45) is 4.99 Å². The molecule has 1 N–H and O–H groups in total. The minimum atomic E-state index is 0.314. The molecule has 1 saturated carbocycles. The molecule has 1 aromatic carbocycles. The molecular weight excluding hydrogens is 174 g/mol. The molecule has 0 unspecified atom stereocenters. The van der Waals surface area contributed by atoms with E-state index in [-0.39, 0.29) is 0 Å². The van der Waals surface area contributed by atoms with Crippen molar-refractivity contribution in [3.63, 3.8) is 0 Å². The van der Waals surface area contributed by atoms with Gasteiger partial charge >= 0.3 is 0 Å². The third-order valence-electron chi connectivity index (χ3n) is 2.69. The van der Waals surface area contributed by atoms with Gasteiger partial charge in [-0.3, -0.25) is 4.99 Å². The summed E-state index contributed by atoms with van der Waals surface area (Å²) in [4.78, 5) is 4.47. The molecular formula is C12H15NO. The normalized spacial score (nSPS) is 18.0. The van der Waals surface area contributed by atoms with Gasteiger partial charge in [0.05, 0.1) is 0 Å². The standard InChI is InChI=1S/C12H15NO/c14-12-8-4-1-5-10(12)9-13-11-6-2-3-7-11/h1,4-5,8-9,11,14H,2-3,6-7H2/b13-9+. The van der Waals surface area contributed by atoms with Crippen LogP contribution >= 0.6 is 0 Å². The number of benzene rings is 1. The first-order valence-corrected chi connectivity index (χ1v) is 5.17. The maximum atomic E-state index is 9.49. The minimum absolute atomic E-state index is 0.314. The summed E-state index contributed by atoms with van der Waals surface area (Å²) in [6.45, 7) is 0. The first-order chi connectivity index (χ1) is 6.86. The molecule has 0 aromatic heterocycles. The number of phenolic OH excluding ortho intramolecular Hbond substituents is 1. The van der Waals surface area contributed by atoms with Crippen molar-refractivity contribution in [3.05, 3.63) is 29.8 Å². The number of phenols is 1. The van der Waals surface area contributed by atoms with Crippen LogP contribution in [0.1, 0.15) is 31.2 Å². The minimum Gasteiger partial charge on any atom is -0.507 e. The first kappa shape index (κ1) is 9.25. The van der Waals surface area contributed by atoms with E-state index in [9.17, 15) is 5.11 Å². The molecule has 0 radical (unpaired) electrons. The zero-order valence-corrected chi connectivity index (χ0v) is 8.19. The Morgan fingerprint density at radius 2 is 1.93 bits per heavy atom. The Hall–Kier alpha value is -1.31. The Balaban J connectivity index is 2.06. The molecule has 74 valence electrons. The van der Waals surface area contributed by atoms with E-state index in [2.05, 4.69) is 4.99 Å². The van der Waals surface area contributed by atoms with Gasteiger partial charge in [-0.2, -0.15) is 0 Å².